The largest absolute Gasteiger partial charge is 1.00 e. The van der Waals surface area contributed by atoms with Crippen molar-refractivity contribution in [3.63, 3.8) is 0 Å². The van der Waals surface area contributed by atoms with Crippen molar-refractivity contribution in [2.75, 3.05) is 0 Å². The van der Waals surface area contributed by atoms with Crippen molar-refractivity contribution in [3.8, 4) is 0 Å². The van der Waals surface area contributed by atoms with Gasteiger partial charge in [0, 0.05) is 10.9 Å². The zero-order valence-corrected chi connectivity index (χ0v) is 13.7. The lowest BCUT2D eigenvalue weighted by atomic mass is 10.2. The number of hydrogen-bond donors (Lipinski definition) is 1. The van der Waals surface area contributed by atoms with Gasteiger partial charge < -0.3 is 16.8 Å². The van der Waals surface area contributed by atoms with E-state index in [1.807, 2.05) is 36.5 Å². The van der Waals surface area contributed by atoms with Crippen molar-refractivity contribution in [2.24, 2.45) is 0 Å². The van der Waals surface area contributed by atoms with Gasteiger partial charge in [-0.1, -0.05) is 24.3 Å². The summed E-state index contributed by atoms with van der Waals surface area (Å²) in [6.07, 6.45) is 0. The van der Waals surface area contributed by atoms with Crippen LogP contribution in [-0.4, -0.2) is 9.97 Å². The number of quaternary nitrogens is 1. The molecule has 0 aliphatic heterocycles. The van der Waals surface area contributed by atoms with Gasteiger partial charge >= 0.3 is 0 Å². The fraction of sp³-hybridized carbons (Fsp3) is 0.111. The molecule has 2 heterocycles. The Labute approximate surface area is 144 Å². The number of benzene rings is 2. The van der Waals surface area contributed by atoms with Crippen LogP contribution in [0, 0.1) is 12.7 Å². The molecule has 2 aromatic heterocycles. The zero-order valence-electron chi connectivity index (χ0n) is 13.0. The number of rotatable bonds is 3. The Balaban J connectivity index is 0.00000169. The molecule has 0 radical (unpaired) electrons. The highest BCUT2D eigenvalue weighted by molar-refractivity contribution is 6.04. The van der Waals surface area contributed by atoms with Gasteiger partial charge in [0.25, 0.3) is 5.82 Å². The number of furan rings is 1. The summed E-state index contributed by atoms with van der Waals surface area (Å²) in [5.41, 5.74) is 3.35. The summed E-state index contributed by atoms with van der Waals surface area (Å²) in [4.78, 5) is 9.01. The van der Waals surface area contributed by atoms with Crippen LogP contribution in [0.3, 0.4) is 0 Å². The lowest BCUT2D eigenvalue weighted by Gasteiger charge is -2.02. The van der Waals surface area contributed by atoms with Crippen LogP contribution in [0.4, 0.5) is 10.2 Å². The number of aromatic nitrogens is 2. The molecule has 2 N–H and O–H groups in total. The minimum Gasteiger partial charge on any atom is -1.00 e. The molecule has 4 aromatic rings. The smallest absolute Gasteiger partial charge is 0.272 e. The van der Waals surface area contributed by atoms with Gasteiger partial charge in [0.1, 0.15) is 29.3 Å². The summed E-state index contributed by atoms with van der Waals surface area (Å²) < 4.78 is 18.9. The Morgan fingerprint density at radius 3 is 2.58 bits per heavy atom. The Bertz CT molecular complexity index is 998. The maximum atomic E-state index is 13.0. The summed E-state index contributed by atoms with van der Waals surface area (Å²) in [6, 6.07) is 14.3. The van der Waals surface area contributed by atoms with Gasteiger partial charge in [-0.2, -0.15) is 4.98 Å². The topological polar surface area (TPSA) is 55.5 Å². The van der Waals surface area contributed by atoms with Gasteiger partial charge in [-0.05, 0) is 31.2 Å². The van der Waals surface area contributed by atoms with E-state index in [0.717, 1.165) is 27.9 Å². The number of aryl methyl sites for hydroxylation is 1. The molecule has 0 atom stereocenters. The minimum absolute atomic E-state index is 0. The molecule has 24 heavy (non-hydrogen) atoms. The fourth-order valence-electron chi connectivity index (χ4n) is 2.70. The normalized spacial score (nSPS) is 10.9. The van der Waals surface area contributed by atoms with E-state index in [9.17, 15) is 4.39 Å². The summed E-state index contributed by atoms with van der Waals surface area (Å²) >= 11 is 0. The lowest BCUT2D eigenvalue weighted by molar-refractivity contribution is -0.591. The van der Waals surface area contributed by atoms with Crippen molar-refractivity contribution in [1.82, 2.24) is 9.97 Å². The quantitative estimate of drug-likeness (QED) is 0.579. The third-order valence-electron chi connectivity index (χ3n) is 3.80. The molecule has 0 bridgehead atoms. The molecule has 0 amide bonds. The van der Waals surface area contributed by atoms with Gasteiger partial charge in [0.15, 0.2) is 0 Å². The lowest BCUT2D eigenvalue weighted by Crippen LogP contribution is -3.00. The molecule has 0 unspecified atom stereocenters. The second kappa shape index (κ2) is 6.55. The monoisotopic (exact) mass is 343 g/mol. The van der Waals surface area contributed by atoms with E-state index in [0.29, 0.717) is 18.0 Å². The van der Waals surface area contributed by atoms with Crippen molar-refractivity contribution in [1.29, 1.82) is 0 Å². The molecule has 0 aliphatic carbocycles. The molecule has 4 rings (SSSR count). The van der Waals surface area contributed by atoms with Crippen LogP contribution in [-0.2, 0) is 6.54 Å². The molecule has 0 saturated heterocycles. The van der Waals surface area contributed by atoms with E-state index in [-0.39, 0.29) is 18.2 Å². The third-order valence-corrected chi connectivity index (χ3v) is 3.80. The highest BCUT2D eigenvalue weighted by Gasteiger charge is 2.17. The van der Waals surface area contributed by atoms with Crippen LogP contribution in [0.2, 0.25) is 0 Å². The second-order valence-corrected chi connectivity index (χ2v) is 5.47. The van der Waals surface area contributed by atoms with Crippen molar-refractivity contribution >= 4 is 27.9 Å². The van der Waals surface area contributed by atoms with Crippen LogP contribution >= 0.6 is 0 Å². The van der Waals surface area contributed by atoms with Crippen LogP contribution in [0.5, 0.6) is 0 Å². The molecule has 0 saturated carbocycles. The van der Waals surface area contributed by atoms with E-state index >= 15 is 0 Å². The van der Waals surface area contributed by atoms with Crippen molar-refractivity contribution in [3.05, 3.63) is 65.7 Å². The average molecular weight is 344 g/mol. The van der Waals surface area contributed by atoms with Crippen LogP contribution in [0.15, 0.2) is 52.9 Å². The van der Waals surface area contributed by atoms with Crippen molar-refractivity contribution < 1.29 is 26.5 Å². The predicted molar refractivity (Wildman–Crippen MR) is 85.7 cm³/mol. The summed E-state index contributed by atoms with van der Waals surface area (Å²) in [6.45, 7) is 2.53. The van der Waals surface area contributed by atoms with Gasteiger partial charge in [-0.25, -0.2) is 9.37 Å². The Hall–Kier alpha value is -2.50. The molecular formula is C18H15ClFN3O. The maximum Gasteiger partial charge on any atom is 0.272 e. The van der Waals surface area contributed by atoms with Gasteiger partial charge in [0.2, 0.25) is 5.58 Å². The molecule has 4 nitrogen and oxygen atoms in total. The van der Waals surface area contributed by atoms with Crippen molar-refractivity contribution in [2.45, 2.75) is 13.5 Å². The first-order chi connectivity index (χ1) is 11.2. The van der Waals surface area contributed by atoms with E-state index < -0.39 is 0 Å². The van der Waals surface area contributed by atoms with Crippen LogP contribution < -0.4 is 17.7 Å². The van der Waals surface area contributed by atoms with E-state index in [1.54, 1.807) is 12.1 Å². The molecule has 0 aliphatic rings. The molecule has 122 valence electrons. The first-order valence-corrected chi connectivity index (χ1v) is 7.44. The minimum atomic E-state index is -0.230. The maximum absolute atomic E-state index is 13.0. The molecule has 2 aromatic carbocycles. The first kappa shape index (κ1) is 16.4. The molecule has 0 spiro atoms. The average Bonchev–Trinajstić information content (AvgIpc) is 2.93. The van der Waals surface area contributed by atoms with Crippen LogP contribution in [0.1, 0.15) is 11.4 Å². The summed E-state index contributed by atoms with van der Waals surface area (Å²) in [5.74, 6) is 1.24. The number of halogens is 2. The van der Waals surface area contributed by atoms with Crippen LogP contribution in [0.25, 0.3) is 22.1 Å². The second-order valence-electron chi connectivity index (χ2n) is 5.47. The number of nitrogens with zero attached hydrogens (tertiary/aromatic N) is 2. The molecular weight excluding hydrogens is 329 g/mol. The number of para-hydroxylation sites is 1. The standard InChI is InChI=1S/C18H14FN3O.ClH/c1-11-21-16-14-4-2-3-5-15(14)23-17(16)18(22-11)20-10-12-6-8-13(19)9-7-12;/h2-9H,10H2,1H3,(H,20,21,22);1H. The predicted octanol–water partition coefficient (Wildman–Crippen LogP) is 0.223. The number of fused-ring (bicyclic) bond motifs is 3. The Morgan fingerprint density at radius 2 is 1.79 bits per heavy atom. The highest BCUT2D eigenvalue weighted by atomic mass is 35.5. The van der Waals surface area contributed by atoms with E-state index in [4.69, 9.17) is 4.42 Å². The van der Waals surface area contributed by atoms with E-state index in [2.05, 4.69) is 9.97 Å². The molecule has 6 heteroatoms. The Morgan fingerprint density at radius 1 is 1.04 bits per heavy atom. The first-order valence-electron chi connectivity index (χ1n) is 7.44. The summed E-state index contributed by atoms with van der Waals surface area (Å²) in [7, 11) is 0. The highest BCUT2D eigenvalue weighted by Crippen LogP contribution is 2.29. The third kappa shape index (κ3) is 2.96. The number of nitrogens with two attached hydrogens (primary N) is 1. The SMILES string of the molecule is Cc1nc([NH2+]Cc2ccc(F)cc2)c2oc3ccccc3c2n1.[Cl-]. The Kier molecular flexibility index (Phi) is 4.46. The fourth-order valence-corrected chi connectivity index (χ4v) is 2.70. The van der Waals surface area contributed by atoms with E-state index in [1.165, 1.54) is 12.1 Å². The van der Waals surface area contributed by atoms with Gasteiger partial charge in [-0.15, -0.1) is 0 Å². The zero-order chi connectivity index (χ0) is 15.8. The van der Waals surface area contributed by atoms with Gasteiger partial charge in [-0.3, -0.25) is 5.32 Å². The number of hydrogen-bond acceptors (Lipinski definition) is 3. The molecule has 0 fully saturated rings. The summed E-state index contributed by atoms with van der Waals surface area (Å²) in [5, 5.41) is 2.98. The van der Waals surface area contributed by atoms with Gasteiger partial charge in [0.05, 0.1) is 0 Å².